The van der Waals surface area contributed by atoms with E-state index in [-0.39, 0.29) is 0 Å². The summed E-state index contributed by atoms with van der Waals surface area (Å²) in [5.74, 6) is 1.06. The molecule has 2 aliphatic rings. The standard InChI is InChI=1S/C15H22N2/c16-14-5-1-12(2-6-14)7-10-17-11-15(8-9-15)13-3-4-13/h1-2,5-6,13,17H,3-4,7-11,16H2. The topological polar surface area (TPSA) is 38.0 Å². The largest absolute Gasteiger partial charge is 0.399 e. The van der Waals surface area contributed by atoms with Crippen molar-refractivity contribution in [3.63, 3.8) is 0 Å². The van der Waals surface area contributed by atoms with Gasteiger partial charge in [-0.3, -0.25) is 0 Å². The highest BCUT2D eigenvalue weighted by Crippen LogP contribution is 2.60. The zero-order chi connectivity index (χ0) is 11.7. The Bertz CT molecular complexity index is 374. The summed E-state index contributed by atoms with van der Waals surface area (Å²) in [5, 5.41) is 3.64. The number of anilines is 1. The molecule has 0 atom stereocenters. The number of hydrogen-bond donors (Lipinski definition) is 2. The molecule has 2 nitrogen and oxygen atoms in total. The van der Waals surface area contributed by atoms with Crippen LogP contribution in [-0.4, -0.2) is 13.1 Å². The number of nitrogens with two attached hydrogens (primary N) is 1. The van der Waals surface area contributed by atoms with E-state index in [0.29, 0.717) is 0 Å². The Morgan fingerprint density at radius 3 is 2.47 bits per heavy atom. The SMILES string of the molecule is Nc1ccc(CCNCC2(C3CC3)CC2)cc1. The molecule has 0 spiro atoms. The second kappa shape index (κ2) is 4.34. The average molecular weight is 230 g/mol. The Hall–Kier alpha value is -1.02. The van der Waals surface area contributed by atoms with E-state index in [2.05, 4.69) is 17.4 Å². The molecule has 0 unspecified atom stereocenters. The smallest absolute Gasteiger partial charge is 0.0314 e. The molecule has 1 aromatic rings. The van der Waals surface area contributed by atoms with E-state index in [9.17, 15) is 0 Å². The first-order valence-corrected chi connectivity index (χ1v) is 6.84. The zero-order valence-corrected chi connectivity index (χ0v) is 10.4. The van der Waals surface area contributed by atoms with Gasteiger partial charge in [0.25, 0.3) is 0 Å². The summed E-state index contributed by atoms with van der Waals surface area (Å²) in [5.41, 5.74) is 8.63. The van der Waals surface area contributed by atoms with Crippen LogP contribution in [0.4, 0.5) is 5.69 Å². The van der Waals surface area contributed by atoms with Crippen molar-refractivity contribution in [1.29, 1.82) is 0 Å². The van der Waals surface area contributed by atoms with Gasteiger partial charge in [-0.25, -0.2) is 0 Å². The quantitative estimate of drug-likeness (QED) is 0.582. The lowest BCUT2D eigenvalue weighted by Gasteiger charge is -2.14. The maximum absolute atomic E-state index is 5.67. The van der Waals surface area contributed by atoms with E-state index in [4.69, 9.17) is 5.73 Å². The van der Waals surface area contributed by atoms with Crippen LogP contribution < -0.4 is 11.1 Å². The lowest BCUT2D eigenvalue weighted by molar-refractivity contribution is 0.406. The fourth-order valence-corrected chi connectivity index (χ4v) is 2.84. The molecule has 0 aliphatic heterocycles. The predicted octanol–water partition coefficient (Wildman–Crippen LogP) is 2.59. The molecule has 1 aromatic carbocycles. The normalized spacial score (nSPS) is 21.4. The van der Waals surface area contributed by atoms with Gasteiger partial charge in [0, 0.05) is 12.2 Å². The first-order valence-electron chi connectivity index (χ1n) is 6.84. The van der Waals surface area contributed by atoms with Crippen LogP contribution in [0.15, 0.2) is 24.3 Å². The minimum atomic E-state index is 0.723. The van der Waals surface area contributed by atoms with Crippen molar-refractivity contribution in [2.24, 2.45) is 11.3 Å². The molecule has 3 rings (SSSR count). The van der Waals surface area contributed by atoms with Gasteiger partial charge in [-0.15, -0.1) is 0 Å². The molecule has 0 saturated heterocycles. The molecule has 0 heterocycles. The van der Waals surface area contributed by atoms with Crippen molar-refractivity contribution in [3.05, 3.63) is 29.8 Å². The van der Waals surface area contributed by atoms with Crippen molar-refractivity contribution in [1.82, 2.24) is 5.32 Å². The van der Waals surface area contributed by atoms with Gasteiger partial charge in [0.15, 0.2) is 0 Å². The van der Waals surface area contributed by atoms with Crippen LogP contribution in [0.25, 0.3) is 0 Å². The third-order valence-electron chi connectivity index (χ3n) is 4.38. The van der Waals surface area contributed by atoms with Crippen LogP contribution in [0.1, 0.15) is 31.2 Å². The van der Waals surface area contributed by atoms with E-state index >= 15 is 0 Å². The van der Waals surface area contributed by atoms with Crippen molar-refractivity contribution in [2.45, 2.75) is 32.1 Å². The van der Waals surface area contributed by atoms with Crippen molar-refractivity contribution >= 4 is 5.69 Å². The third-order valence-corrected chi connectivity index (χ3v) is 4.38. The van der Waals surface area contributed by atoms with Crippen molar-refractivity contribution in [2.75, 3.05) is 18.8 Å². The van der Waals surface area contributed by atoms with Crippen LogP contribution >= 0.6 is 0 Å². The van der Waals surface area contributed by atoms with E-state index < -0.39 is 0 Å². The van der Waals surface area contributed by atoms with Crippen LogP contribution in [0.5, 0.6) is 0 Å². The van der Waals surface area contributed by atoms with Crippen LogP contribution in [0, 0.1) is 11.3 Å². The van der Waals surface area contributed by atoms with Gasteiger partial charge in [0.05, 0.1) is 0 Å². The summed E-state index contributed by atoms with van der Waals surface area (Å²) in [6.45, 7) is 2.34. The Kier molecular flexibility index (Phi) is 2.83. The third kappa shape index (κ3) is 2.63. The first kappa shape index (κ1) is 11.1. The summed E-state index contributed by atoms with van der Waals surface area (Å²) in [4.78, 5) is 0. The molecular weight excluding hydrogens is 208 g/mol. The van der Waals surface area contributed by atoms with Crippen LogP contribution in [0.3, 0.4) is 0 Å². The lowest BCUT2D eigenvalue weighted by Crippen LogP contribution is -2.27. The zero-order valence-electron chi connectivity index (χ0n) is 10.4. The second-order valence-corrected chi connectivity index (χ2v) is 5.81. The van der Waals surface area contributed by atoms with Gasteiger partial charge in [-0.1, -0.05) is 12.1 Å². The molecule has 0 aromatic heterocycles. The molecule has 92 valence electrons. The summed E-state index contributed by atoms with van der Waals surface area (Å²) in [6.07, 6.45) is 7.01. The molecule has 17 heavy (non-hydrogen) atoms. The minimum absolute atomic E-state index is 0.723. The van der Waals surface area contributed by atoms with E-state index in [0.717, 1.165) is 30.0 Å². The van der Waals surface area contributed by atoms with E-state index in [1.54, 1.807) is 0 Å². The van der Waals surface area contributed by atoms with Gasteiger partial charge >= 0.3 is 0 Å². The predicted molar refractivity (Wildman–Crippen MR) is 71.8 cm³/mol. The summed E-state index contributed by atoms with van der Waals surface area (Å²) in [7, 11) is 0. The number of benzene rings is 1. The first-order chi connectivity index (χ1) is 8.28. The fourth-order valence-electron chi connectivity index (χ4n) is 2.84. The Labute approximate surface area is 104 Å². The van der Waals surface area contributed by atoms with Gasteiger partial charge in [0.1, 0.15) is 0 Å². The highest BCUT2D eigenvalue weighted by molar-refractivity contribution is 5.39. The number of nitrogens with one attached hydrogen (secondary N) is 1. The highest BCUT2D eigenvalue weighted by Gasteiger charge is 2.52. The molecular formula is C15H22N2. The van der Waals surface area contributed by atoms with Crippen molar-refractivity contribution < 1.29 is 0 Å². The number of rotatable bonds is 6. The minimum Gasteiger partial charge on any atom is -0.399 e. The molecule has 0 amide bonds. The van der Waals surface area contributed by atoms with Gasteiger partial charge in [-0.2, -0.15) is 0 Å². The Morgan fingerprint density at radius 2 is 1.88 bits per heavy atom. The summed E-state index contributed by atoms with van der Waals surface area (Å²) in [6, 6.07) is 8.24. The van der Waals surface area contributed by atoms with Gasteiger partial charge in [0.2, 0.25) is 0 Å². The Morgan fingerprint density at radius 1 is 1.18 bits per heavy atom. The highest BCUT2D eigenvalue weighted by atomic mass is 14.9. The molecule has 0 radical (unpaired) electrons. The van der Waals surface area contributed by atoms with Gasteiger partial charge < -0.3 is 11.1 Å². The van der Waals surface area contributed by atoms with E-state index in [1.807, 2.05) is 12.1 Å². The average Bonchev–Trinajstić information content (AvgIpc) is 3.18. The molecule has 2 saturated carbocycles. The monoisotopic (exact) mass is 230 g/mol. The van der Waals surface area contributed by atoms with Crippen LogP contribution in [-0.2, 0) is 6.42 Å². The molecule has 0 bridgehead atoms. The van der Waals surface area contributed by atoms with E-state index in [1.165, 1.54) is 37.8 Å². The summed E-state index contributed by atoms with van der Waals surface area (Å²) < 4.78 is 0. The maximum atomic E-state index is 5.67. The van der Waals surface area contributed by atoms with Crippen molar-refractivity contribution in [3.8, 4) is 0 Å². The number of hydrogen-bond acceptors (Lipinski definition) is 2. The molecule has 2 fully saturated rings. The Balaban J connectivity index is 1.39. The summed E-state index contributed by atoms with van der Waals surface area (Å²) >= 11 is 0. The number of nitrogen functional groups attached to an aromatic ring is 1. The van der Waals surface area contributed by atoms with Gasteiger partial charge in [-0.05, 0) is 67.7 Å². The van der Waals surface area contributed by atoms with Crippen LogP contribution in [0.2, 0.25) is 0 Å². The fraction of sp³-hybridized carbons (Fsp3) is 0.600. The molecule has 2 aliphatic carbocycles. The lowest BCUT2D eigenvalue weighted by atomic mass is 10.0. The maximum Gasteiger partial charge on any atom is 0.0314 e. The molecule has 2 heteroatoms. The second-order valence-electron chi connectivity index (χ2n) is 5.81. The molecule has 3 N–H and O–H groups in total.